The van der Waals surface area contributed by atoms with Crippen molar-refractivity contribution in [3.63, 3.8) is 0 Å². The van der Waals surface area contributed by atoms with Gasteiger partial charge in [0.2, 0.25) is 5.91 Å². The van der Waals surface area contributed by atoms with Crippen LogP contribution in [0.2, 0.25) is 0 Å². The van der Waals surface area contributed by atoms with Gasteiger partial charge in [0.15, 0.2) is 6.29 Å². The Bertz CT molecular complexity index is 740. The molecule has 8 heteroatoms. The molecule has 5 atom stereocenters. The number of carbonyl (C=O) groups is 1. The van der Waals surface area contributed by atoms with Crippen molar-refractivity contribution in [2.75, 3.05) is 13.7 Å². The maximum Gasteiger partial charge on any atom is 0.244 e. The van der Waals surface area contributed by atoms with Crippen molar-refractivity contribution in [3.05, 3.63) is 53.6 Å². The Morgan fingerprint density at radius 2 is 2.07 bits per heavy atom. The third-order valence-corrected chi connectivity index (χ3v) is 4.14. The highest BCUT2D eigenvalue weighted by Crippen LogP contribution is 2.21. The SMILES string of the molecule is COC1OC(CO)C(O)C(O)C1NC(=O)C=CC=Cc1ccccc1C#N. The molecule has 5 unspecified atom stereocenters. The van der Waals surface area contributed by atoms with Gasteiger partial charge in [0.25, 0.3) is 0 Å². The van der Waals surface area contributed by atoms with Crippen LogP contribution in [0.5, 0.6) is 0 Å². The van der Waals surface area contributed by atoms with Gasteiger partial charge in [-0.1, -0.05) is 36.4 Å². The normalized spacial score (nSPS) is 28.3. The summed E-state index contributed by atoms with van der Waals surface area (Å²) in [5.41, 5.74) is 1.24. The fraction of sp³-hybridized carbons (Fsp3) is 0.368. The van der Waals surface area contributed by atoms with E-state index in [4.69, 9.17) is 19.8 Å². The number of carbonyl (C=O) groups excluding carboxylic acids is 1. The molecule has 27 heavy (non-hydrogen) atoms. The van der Waals surface area contributed by atoms with Gasteiger partial charge in [-0.3, -0.25) is 4.79 Å². The van der Waals surface area contributed by atoms with Gasteiger partial charge < -0.3 is 30.1 Å². The lowest BCUT2D eigenvalue weighted by molar-refractivity contribution is -0.262. The van der Waals surface area contributed by atoms with Crippen molar-refractivity contribution in [1.82, 2.24) is 5.32 Å². The van der Waals surface area contributed by atoms with E-state index in [9.17, 15) is 15.0 Å². The maximum atomic E-state index is 12.1. The third kappa shape index (κ3) is 5.23. The molecule has 0 aliphatic carbocycles. The Labute approximate surface area is 157 Å². The molecule has 1 aliphatic rings. The van der Waals surface area contributed by atoms with E-state index in [-0.39, 0.29) is 0 Å². The lowest BCUT2D eigenvalue weighted by Crippen LogP contribution is -2.64. The lowest BCUT2D eigenvalue weighted by Gasteiger charge is -2.41. The molecular formula is C19H22N2O6. The van der Waals surface area contributed by atoms with E-state index in [1.165, 1.54) is 19.3 Å². The molecule has 0 aromatic heterocycles. The van der Waals surface area contributed by atoms with Crippen LogP contribution in [0.4, 0.5) is 0 Å². The van der Waals surface area contributed by atoms with Crippen LogP contribution in [-0.4, -0.2) is 65.6 Å². The summed E-state index contributed by atoms with van der Waals surface area (Å²) < 4.78 is 10.4. The van der Waals surface area contributed by atoms with Crippen molar-refractivity contribution in [3.8, 4) is 6.07 Å². The van der Waals surface area contributed by atoms with Gasteiger partial charge in [-0.2, -0.15) is 5.26 Å². The zero-order chi connectivity index (χ0) is 19.8. The van der Waals surface area contributed by atoms with Crippen LogP contribution < -0.4 is 5.32 Å². The number of nitrogens with one attached hydrogen (secondary N) is 1. The molecule has 1 heterocycles. The number of methoxy groups -OCH3 is 1. The van der Waals surface area contributed by atoms with E-state index in [1.54, 1.807) is 36.4 Å². The average Bonchev–Trinajstić information content (AvgIpc) is 2.69. The Kier molecular flexibility index (Phi) is 7.67. The zero-order valence-corrected chi connectivity index (χ0v) is 14.7. The topological polar surface area (TPSA) is 132 Å². The van der Waals surface area contributed by atoms with Crippen molar-refractivity contribution < 1.29 is 29.6 Å². The van der Waals surface area contributed by atoms with Gasteiger partial charge in [-0.25, -0.2) is 0 Å². The lowest BCUT2D eigenvalue weighted by atomic mass is 9.97. The molecule has 1 aliphatic heterocycles. The summed E-state index contributed by atoms with van der Waals surface area (Å²) in [6.07, 6.45) is 1.26. The van der Waals surface area contributed by atoms with Gasteiger partial charge in [-0.15, -0.1) is 0 Å². The molecular weight excluding hydrogens is 352 g/mol. The number of rotatable bonds is 6. The zero-order valence-electron chi connectivity index (χ0n) is 14.7. The second-order valence-electron chi connectivity index (χ2n) is 5.89. The van der Waals surface area contributed by atoms with Gasteiger partial charge in [0, 0.05) is 13.2 Å². The molecule has 144 valence electrons. The highest BCUT2D eigenvalue weighted by molar-refractivity contribution is 5.88. The van der Waals surface area contributed by atoms with Gasteiger partial charge in [-0.05, 0) is 11.6 Å². The van der Waals surface area contributed by atoms with Crippen LogP contribution >= 0.6 is 0 Å². The van der Waals surface area contributed by atoms with Crippen LogP contribution in [0.15, 0.2) is 42.5 Å². The quantitative estimate of drug-likeness (QED) is 0.397. The first-order valence-corrected chi connectivity index (χ1v) is 8.31. The molecule has 1 fully saturated rings. The van der Waals surface area contributed by atoms with Crippen molar-refractivity contribution in [2.24, 2.45) is 0 Å². The number of benzene rings is 1. The number of amides is 1. The minimum atomic E-state index is -1.36. The fourth-order valence-electron chi connectivity index (χ4n) is 2.70. The largest absolute Gasteiger partial charge is 0.394 e. The van der Waals surface area contributed by atoms with Crippen LogP contribution in [0.1, 0.15) is 11.1 Å². The fourth-order valence-corrected chi connectivity index (χ4v) is 2.70. The molecule has 0 bridgehead atoms. The van der Waals surface area contributed by atoms with Crippen molar-refractivity contribution in [1.29, 1.82) is 5.26 Å². The molecule has 2 rings (SSSR count). The van der Waals surface area contributed by atoms with Gasteiger partial charge >= 0.3 is 0 Å². The van der Waals surface area contributed by atoms with E-state index >= 15 is 0 Å². The minimum Gasteiger partial charge on any atom is -0.394 e. The van der Waals surface area contributed by atoms with E-state index in [2.05, 4.69) is 11.4 Å². The van der Waals surface area contributed by atoms with Crippen LogP contribution in [-0.2, 0) is 14.3 Å². The predicted molar refractivity (Wildman–Crippen MR) is 96.0 cm³/mol. The van der Waals surface area contributed by atoms with E-state index < -0.39 is 43.2 Å². The monoisotopic (exact) mass is 374 g/mol. The standard InChI is InChI=1S/C19H22N2O6/c1-26-19-16(18(25)17(24)14(11-22)27-19)21-15(23)9-5-4-7-12-6-2-3-8-13(12)10-20/h2-9,14,16-19,22,24-25H,11H2,1H3,(H,21,23). The molecule has 4 N–H and O–H groups in total. The van der Waals surface area contributed by atoms with Gasteiger partial charge in [0.1, 0.15) is 24.4 Å². The number of nitrogens with zero attached hydrogens (tertiary/aromatic N) is 1. The Morgan fingerprint density at radius 3 is 2.74 bits per heavy atom. The summed E-state index contributed by atoms with van der Waals surface area (Å²) in [4.78, 5) is 12.1. The number of aliphatic hydroxyl groups is 3. The number of aliphatic hydroxyl groups excluding tert-OH is 3. The number of hydrogen-bond acceptors (Lipinski definition) is 7. The van der Waals surface area contributed by atoms with Crippen LogP contribution in [0.25, 0.3) is 6.08 Å². The van der Waals surface area contributed by atoms with E-state index in [0.29, 0.717) is 5.56 Å². The minimum absolute atomic E-state index is 0.492. The molecule has 0 radical (unpaired) electrons. The smallest absolute Gasteiger partial charge is 0.244 e. The summed E-state index contributed by atoms with van der Waals surface area (Å²) in [7, 11) is 1.33. The van der Waals surface area contributed by atoms with Crippen LogP contribution in [0.3, 0.4) is 0 Å². The second-order valence-corrected chi connectivity index (χ2v) is 5.89. The van der Waals surface area contributed by atoms with Crippen LogP contribution in [0, 0.1) is 11.3 Å². The summed E-state index contributed by atoms with van der Waals surface area (Å²) in [6, 6.07) is 8.11. The molecule has 0 saturated carbocycles. The van der Waals surface area contributed by atoms with E-state index in [0.717, 1.165) is 5.56 Å². The van der Waals surface area contributed by atoms with Gasteiger partial charge in [0.05, 0.1) is 18.2 Å². The Hall–Kier alpha value is -2.54. The molecule has 0 spiro atoms. The summed E-state index contributed by atoms with van der Waals surface area (Å²) in [5.74, 6) is -0.530. The third-order valence-electron chi connectivity index (χ3n) is 4.14. The molecule has 1 saturated heterocycles. The summed E-state index contributed by atoms with van der Waals surface area (Å²) in [6.45, 7) is -0.492. The number of ether oxygens (including phenoxy) is 2. The molecule has 1 aromatic carbocycles. The van der Waals surface area contributed by atoms with Crippen molar-refractivity contribution >= 4 is 12.0 Å². The molecule has 8 nitrogen and oxygen atoms in total. The first-order chi connectivity index (χ1) is 13.0. The predicted octanol–water partition coefficient (Wildman–Crippen LogP) is -0.302. The number of nitriles is 1. The first-order valence-electron chi connectivity index (χ1n) is 8.31. The summed E-state index contributed by atoms with van der Waals surface area (Å²) in [5, 5.41) is 40.8. The molecule has 1 amide bonds. The maximum absolute atomic E-state index is 12.1. The molecule has 1 aromatic rings. The number of allylic oxidation sites excluding steroid dienone is 2. The highest BCUT2D eigenvalue weighted by atomic mass is 16.7. The Balaban J connectivity index is 1.98. The summed E-state index contributed by atoms with van der Waals surface area (Å²) >= 11 is 0. The van der Waals surface area contributed by atoms with E-state index in [1.807, 2.05) is 0 Å². The highest BCUT2D eigenvalue weighted by Gasteiger charge is 2.44. The average molecular weight is 374 g/mol. The van der Waals surface area contributed by atoms with Crippen molar-refractivity contribution in [2.45, 2.75) is 30.6 Å². The number of hydrogen-bond donors (Lipinski definition) is 4. The first kappa shape index (κ1) is 20.8. The second kappa shape index (κ2) is 9.97. The Morgan fingerprint density at radius 1 is 1.33 bits per heavy atom.